The molecule has 7 heteroatoms. The lowest BCUT2D eigenvalue weighted by atomic mass is 9.75. The Kier molecular flexibility index (Phi) is 4.66. The lowest BCUT2D eigenvalue weighted by Gasteiger charge is -2.42. The van der Waals surface area contributed by atoms with Gasteiger partial charge in [0.25, 0.3) is 0 Å². The van der Waals surface area contributed by atoms with E-state index in [0.29, 0.717) is 13.1 Å². The maximum atomic E-state index is 14.0. The Morgan fingerprint density at radius 3 is 2.59 bits per heavy atom. The van der Waals surface area contributed by atoms with E-state index in [4.69, 9.17) is 4.74 Å². The largest absolute Gasteiger partial charge is 0.458 e. The van der Waals surface area contributed by atoms with E-state index < -0.39 is 23.1 Å². The molecule has 3 fully saturated rings. The van der Waals surface area contributed by atoms with E-state index in [1.807, 2.05) is 0 Å². The van der Waals surface area contributed by atoms with Crippen molar-refractivity contribution in [1.82, 2.24) is 9.88 Å². The van der Waals surface area contributed by atoms with Crippen molar-refractivity contribution in [2.75, 3.05) is 13.1 Å². The summed E-state index contributed by atoms with van der Waals surface area (Å²) in [4.78, 5) is 30.4. The van der Waals surface area contributed by atoms with Crippen LogP contribution in [0.25, 0.3) is 0 Å². The molecule has 1 spiro atoms. The Morgan fingerprint density at radius 2 is 1.93 bits per heavy atom. The number of nitrogens with zero attached hydrogens (tertiary/aromatic N) is 2. The van der Waals surface area contributed by atoms with Gasteiger partial charge in [-0.25, -0.2) is 4.98 Å². The Hall–Kier alpha value is -2.02. The van der Waals surface area contributed by atoms with Gasteiger partial charge in [0.2, 0.25) is 11.9 Å². The second-order valence-corrected chi connectivity index (χ2v) is 8.05. The number of piperidine rings is 1. The zero-order valence-corrected chi connectivity index (χ0v) is 15.3. The van der Waals surface area contributed by atoms with Crippen LogP contribution in [0.4, 0.5) is 4.39 Å². The number of hydrogen-bond donors (Lipinski definition) is 1. The van der Waals surface area contributed by atoms with Gasteiger partial charge in [-0.05, 0) is 44.6 Å². The van der Waals surface area contributed by atoms with Gasteiger partial charge in [-0.15, -0.1) is 0 Å². The predicted molar refractivity (Wildman–Crippen MR) is 93.9 cm³/mol. The van der Waals surface area contributed by atoms with Crippen molar-refractivity contribution in [3.8, 4) is 0 Å². The molecule has 4 rings (SSSR count). The van der Waals surface area contributed by atoms with E-state index in [2.05, 4.69) is 4.98 Å². The number of aromatic nitrogens is 1. The Labute approximate surface area is 157 Å². The van der Waals surface area contributed by atoms with Gasteiger partial charge in [0.15, 0.2) is 0 Å². The molecule has 27 heavy (non-hydrogen) atoms. The van der Waals surface area contributed by atoms with Gasteiger partial charge < -0.3 is 14.7 Å². The molecular formula is C20H25FN2O4. The number of carbonyl (C=O) groups excluding carboxylic acids is 2. The summed E-state index contributed by atoms with van der Waals surface area (Å²) in [6.45, 7) is 0.648. The van der Waals surface area contributed by atoms with Crippen molar-refractivity contribution >= 4 is 11.9 Å². The minimum absolute atomic E-state index is 0.0727. The Balaban J connectivity index is 1.47. The first kappa shape index (κ1) is 18.3. The molecular weight excluding hydrogens is 351 g/mol. The molecule has 3 heterocycles. The third-order valence-electron chi connectivity index (χ3n) is 6.48. The molecule has 1 aromatic heterocycles. The van der Waals surface area contributed by atoms with Crippen LogP contribution in [0.3, 0.4) is 0 Å². The summed E-state index contributed by atoms with van der Waals surface area (Å²) in [5.41, 5.74) is -1.78. The molecule has 0 bridgehead atoms. The molecule has 0 unspecified atom stereocenters. The van der Waals surface area contributed by atoms with Crippen LogP contribution < -0.4 is 0 Å². The Morgan fingerprint density at radius 1 is 1.22 bits per heavy atom. The number of amides is 1. The number of esters is 1. The van der Waals surface area contributed by atoms with E-state index >= 15 is 0 Å². The summed E-state index contributed by atoms with van der Waals surface area (Å²) in [5, 5.41) is 10.9. The van der Waals surface area contributed by atoms with Gasteiger partial charge in [-0.1, -0.05) is 12.5 Å². The number of ether oxygens (including phenoxy) is 1. The highest BCUT2D eigenvalue weighted by molar-refractivity contribution is 5.88. The summed E-state index contributed by atoms with van der Waals surface area (Å²) in [6, 6.07) is 3.14. The van der Waals surface area contributed by atoms with Crippen molar-refractivity contribution < 1.29 is 23.8 Å². The third-order valence-corrected chi connectivity index (χ3v) is 6.48. The molecule has 1 aliphatic carbocycles. The quantitative estimate of drug-likeness (QED) is 0.633. The van der Waals surface area contributed by atoms with E-state index in [1.54, 1.807) is 17.0 Å². The van der Waals surface area contributed by atoms with Crippen LogP contribution in [-0.4, -0.2) is 45.6 Å². The van der Waals surface area contributed by atoms with Gasteiger partial charge in [0.05, 0.1) is 17.9 Å². The number of carbonyl (C=O) groups is 2. The SMILES string of the molecule is O=C1C[C@H](C(=O)N2CCC(O)(c3cccnc3F)CC2)C2(CCCCC2)O1. The van der Waals surface area contributed by atoms with E-state index in [1.165, 1.54) is 6.20 Å². The Bertz CT molecular complexity index is 739. The molecule has 0 radical (unpaired) electrons. The van der Waals surface area contributed by atoms with Crippen LogP contribution in [0.5, 0.6) is 0 Å². The van der Waals surface area contributed by atoms with Crippen LogP contribution in [0, 0.1) is 11.9 Å². The summed E-state index contributed by atoms with van der Waals surface area (Å²) in [7, 11) is 0. The molecule has 1 amide bonds. The maximum Gasteiger partial charge on any atom is 0.307 e. The lowest BCUT2D eigenvalue weighted by molar-refractivity contribution is -0.157. The molecule has 0 aromatic carbocycles. The van der Waals surface area contributed by atoms with Crippen molar-refractivity contribution in [3.63, 3.8) is 0 Å². The minimum atomic E-state index is -1.32. The van der Waals surface area contributed by atoms with Crippen molar-refractivity contribution in [1.29, 1.82) is 0 Å². The van der Waals surface area contributed by atoms with Crippen LogP contribution >= 0.6 is 0 Å². The first-order chi connectivity index (χ1) is 12.9. The number of likely N-dealkylation sites (tertiary alicyclic amines) is 1. The zero-order chi connectivity index (χ0) is 19.1. The number of halogens is 1. The highest BCUT2D eigenvalue weighted by Crippen LogP contribution is 2.45. The van der Waals surface area contributed by atoms with Gasteiger partial charge >= 0.3 is 5.97 Å². The normalized spacial score (nSPS) is 26.8. The van der Waals surface area contributed by atoms with Crippen LogP contribution in [0.2, 0.25) is 0 Å². The average molecular weight is 376 g/mol. The molecule has 1 saturated carbocycles. The highest BCUT2D eigenvalue weighted by atomic mass is 19.1. The van der Waals surface area contributed by atoms with Gasteiger partial charge in [0.1, 0.15) is 5.60 Å². The topological polar surface area (TPSA) is 79.7 Å². The van der Waals surface area contributed by atoms with E-state index in [-0.39, 0.29) is 36.7 Å². The van der Waals surface area contributed by atoms with Crippen molar-refractivity contribution in [2.45, 2.75) is 62.6 Å². The summed E-state index contributed by atoms with van der Waals surface area (Å²) in [6.07, 6.45) is 6.51. The standard InChI is InChI=1S/C20H25FN2O4/c21-17-14(5-4-10-22-17)19(26)8-11-23(12-9-19)18(25)15-13-16(24)27-20(15)6-2-1-3-7-20/h4-5,10,15,26H,1-3,6-9,11-13H2/t15-/m1/s1. The molecule has 1 aromatic rings. The molecule has 3 aliphatic rings. The minimum Gasteiger partial charge on any atom is -0.458 e. The lowest BCUT2D eigenvalue weighted by Crippen LogP contribution is -2.51. The number of hydrogen-bond acceptors (Lipinski definition) is 5. The maximum absolute atomic E-state index is 14.0. The summed E-state index contributed by atoms with van der Waals surface area (Å²) >= 11 is 0. The number of pyridine rings is 1. The molecule has 1 N–H and O–H groups in total. The summed E-state index contributed by atoms with van der Waals surface area (Å²) < 4.78 is 19.6. The predicted octanol–water partition coefficient (Wildman–Crippen LogP) is 2.30. The van der Waals surface area contributed by atoms with E-state index in [9.17, 15) is 19.1 Å². The number of aliphatic hydroxyl groups is 1. The second-order valence-electron chi connectivity index (χ2n) is 8.05. The molecule has 2 saturated heterocycles. The molecule has 1 atom stereocenters. The van der Waals surface area contributed by atoms with Gasteiger partial charge in [-0.3, -0.25) is 9.59 Å². The first-order valence-corrected chi connectivity index (χ1v) is 9.78. The fourth-order valence-corrected chi connectivity index (χ4v) is 4.93. The second kappa shape index (κ2) is 6.86. The smallest absolute Gasteiger partial charge is 0.307 e. The van der Waals surface area contributed by atoms with Crippen molar-refractivity contribution in [3.05, 3.63) is 29.8 Å². The average Bonchev–Trinajstić information content (AvgIpc) is 2.98. The molecule has 2 aliphatic heterocycles. The fraction of sp³-hybridized carbons (Fsp3) is 0.650. The van der Waals surface area contributed by atoms with Crippen molar-refractivity contribution in [2.24, 2.45) is 5.92 Å². The molecule has 146 valence electrons. The van der Waals surface area contributed by atoms with Gasteiger partial charge in [-0.2, -0.15) is 4.39 Å². The van der Waals surface area contributed by atoms with Crippen LogP contribution in [-0.2, 0) is 19.9 Å². The van der Waals surface area contributed by atoms with E-state index in [0.717, 1.165) is 32.1 Å². The third kappa shape index (κ3) is 3.22. The first-order valence-electron chi connectivity index (χ1n) is 9.78. The summed E-state index contributed by atoms with van der Waals surface area (Å²) in [5.74, 6) is -1.47. The molecule has 6 nitrogen and oxygen atoms in total. The van der Waals surface area contributed by atoms with Crippen LogP contribution in [0.15, 0.2) is 18.3 Å². The highest BCUT2D eigenvalue weighted by Gasteiger charge is 2.54. The van der Waals surface area contributed by atoms with Gasteiger partial charge in [0, 0.05) is 24.8 Å². The number of rotatable bonds is 2. The van der Waals surface area contributed by atoms with Crippen LogP contribution in [0.1, 0.15) is 56.9 Å². The monoisotopic (exact) mass is 376 g/mol. The fourth-order valence-electron chi connectivity index (χ4n) is 4.93. The zero-order valence-electron chi connectivity index (χ0n) is 15.3.